The second-order valence-electron chi connectivity index (χ2n) is 5.98. The Morgan fingerprint density at radius 2 is 1.80 bits per heavy atom. The van der Waals surface area contributed by atoms with Gasteiger partial charge in [0.05, 0.1) is 12.0 Å². The van der Waals surface area contributed by atoms with Gasteiger partial charge in [0.25, 0.3) is 5.91 Å². The zero-order valence-corrected chi connectivity index (χ0v) is 13.7. The second-order valence-corrected chi connectivity index (χ2v) is 5.98. The minimum Gasteiger partial charge on any atom is -0.459 e. The minimum absolute atomic E-state index is 0.271. The van der Waals surface area contributed by atoms with E-state index in [9.17, 15) is 4.79 Å². The zero-order valence-electron chi connectivity index (χ0n) is 13.7. The Morgan fingerprint density at radius 1 is 1.00 bits per heavy atom. The third-order valence-electron chi connectivity index (χ3n) is 4.26. The maximum atomic E-state index is 12.0. The number of hydrogen-bond donors (Lipinski definition) is 1. The Hall–Kier alpha value is -3.15. The highest BCUT2D eigenvalue weighted by atomic mass is 16.3. The molecule has 3 aromatic rings. The number of amides is 1. The van der Waals surface area contributed by atoms with Crippen LogP contribution in [0.25, 0.3) is 11.3 Å². The van der Waals surface area contributed by atoms with Crippen molar-refractivity contribution < 1.29 is 9.21 Å². The fraction of sp³-hybridized carbons (Fsp3) is 0.211. The quantitative estimate of drug-likeness (QED) is 0.789. The Bertz CT molecular complexity index is 836. The predicted molar refractivity (Wildman–Crippen MR) is 95.6 cm³/mol. The van der Waals surface area contributed by atoms with Crippen LogP contribution in [-0.2, 0) is 0 Å². The van der Waals surface area contributed by atoms with Crippen LogP contribution in [0.4, 0.5) is 11.5 Å². The van der Waals surface area contributed by atoms with E-state index in [0.29, 0.717) is 5.69 Å². The fourth-order valence-corrected chi connectivity index (χ4v) is 2.92. The van der Waals surface area contributed by atoms with Gasteiger partial charge in [0.2, 0.25) is 0 Å². The molecule has 1 saturated heterocycles. The van der Waals surface area contributed by atoms with Gasteiger partial charge in [-0.1, -0.05) is 12.1 Å². The maximum absolute atomic E-state index is 12.0. The highest BCUT2D eigenvalue weighted by Crippen LogP contribution is 2.22. The molecule has 1 aromatic carbocycles. The number of aromatic nitrogens is 2. The lowest BCUT2D eigenvalue weighted by molar-refractivity contribution is 0.0996. The molecule has 0 aliphatic carbocycles. The Balaban J connectivity index is 1.45. The average Bonchev–Trinajstić information content (AvgIpc) is 3.36. The Labute approximate surface area is 145 Å². The van der Waals surface area contributed by atoms with E-state index in [0.717, 1.165) is 30.2 Å². The number of nitrogens with zero attached hydrogens (tertiary/aromatic N) is 3. The van der Waals surface area contributed by atoms with Gasteiger partial charge in [-0.3, -0.25) is 4.79 Å². The molecule has 6 heteroatoms. The molecule has 0 saturated carbocycles. The van der Waals surface area contributed by atoms with E-state index in [4.69, 9.17) is 4.42 Å². The monoisotopic (exact) mass is 334 g/mol. The third kappa shape index (κ3) is 3.38. The molecule has 0 bridgehead atoms. The lowest BCUT2D eigenvalue weighted by atomic mass is 10.1. The van der Waals surface area contributed by atoms with E-state index in [-0.39, 0.29) is 11.7 Å². The molecule has 126 valence electrons. The minimum atomic E-state index is -0.271. The first kappa shape index (κ1) is 15.4. The van der Waals surface area contributed by atoms with Crippen molar-refractivity contribution >= 4 is 17.4 Å². The number of furan rings is 1. The number of rotatable bonds is 4. The van der Waals surface area contributed by atoms with Crippen molar-refractivity contribution in [3.63, 3.8) is 0 Å². The van der Waals surface area contributed by atoms with Crippen LogP contribution in [0, 0.1) is 0 Å². The molecule has 1 amide bonds. The molecule has 1 aliphatic heterocycles. The van der Waals surface area contributed by atoms with Gasteiger partial charge in [0.1, 0.15) is 0 Å². The highest BCUT2D eigenvalue weighted by molar-refractivity contribution is 6.02. The summed E-state index contributed by atoms with van der Waals surface area (Å²) in [5.74, 6) is 0.948. The molecular formula is C19H18N4O2. The van der Waals surface area contributed by atoms with Crippen LogP contribution in [-0.4, -0.2) is 29.2 Å². The number of anilines is 2. The molecule has 0 spiro atoms. The summed E-state index contributed by atoms with van der Waals surface area (Å²) in [6, 6.07) is 14.8. The Morgan fingerprint density at radius 3 is 2.44 bits per heavy atom. The summed E-state index contributed by atoms with van der Waals surface area (Å²) in [6.45, 7) is 2.11. The number of hydrogen-bond acceptors (Lipinski definition) is 5. The normalized spacial score (nSPS) is 13.8. The largest absolute Gasteiger partial charge is 0.459 e. The van der Waals surface area contributed by atoms with Crippen molar-refractivity contribution in [3.05, 3.63) is 60.6 Å². The first-order valence-electron chi connectivity index (χ1n) is 8.33. The number of carbonyl (C=O) groups excluding carboxylic acids is 1. The summed E-state index contributed by atoms with van der Waals surface area (Å²) >= 11 is 0. The standard InChI is InChI=1S/C19H18N4O2/c24-19(17-4-3-13-25-17)20-15-7-5-14(6-8-15)16-9-10-18(22-21-16)23-11-1-2-12-23/h3-10,13H,1-2,11-12H2,(H,20,24). The molecule has 2 aromatic heterocycles. The van der Waals surface area contributed by atoms with Crippen LogP contribution in [0.15, 0.2) is 59.2 Å². The molecule has 6 nitrogen and oxygen atoms in total. The molecule has 0 atom stereocenters. The molecular weight excluding hydrogens is 316 g/mol. The van der Waals surface area contributed by atoms with E-state index >= 15 is 0 Å². The maximum Gasteiger partial charge on any atom is 0.291 e. The summed E-state index contributed by atoms with van der Waals surface area (Å²) in [4.78, 5) is 14.2. The molecule has 1 fully saturated rings. The van der Waals surface area contributed by atoms with Crippen LogP contribution in [0.3, 0.4) is 0 Å². The average molecular weight is 334 g/mol. The van der Waals surface area contributed by atoms with Gasteiger partial charge < -0.3 is 14.6 Å². The van der Waals surface area contributed by atoms with Crippen LogP contribution in [0.1, 0.15) is 23.4 Å². The van der Waals surface area contributed by atoms with Crippen LogP contribution >= 0.6 is 0 Å². The lowest BCUT2D eigenvalue weighted by Gasteiger charge is -2.15. The van der Waals surface area contributed by atoms with Crippen molar-refractivity contribution in [3.8, 4) is 11.3 Å². The molecule has 0 unspecified atom stereocenters. The third-order valence-corrected chi connectivity index (χ3v) is 4.26. The Kier molecular flexibility index (Phi) is 4.16. The van der Waals surface area contributed by atoms with Gasteiger partial charge >= 0.3 is 0 Å². The zero-order chi connectivity index (χ0) is 17.1. The van der Waals surface area contributed by atoms with E-state index in [1.165, 1.54) is 19.1 Å². The first-order valence-corrected chi connectivity index (χ1v) is 8.33. The van der Waals surface area contributed by atoms with E-state index in [1.807, 2.05) is 36.4 Å². The highest BCUT2D eigenvalue weighted by Gasteiger charge is 2.14. The molecule has 0 radical (unpaired) electrons. The van der Waals surface area contributed by atoms with Gasteiger partial charge in [0, 0.05) is 24.3 Å². The summed E-state index contributed by atoms with van der Waals surface area (Å²) in [5, 5.41) is 11.5. The van der Waals surface area contributed by atoms with E-state index in [1.54, 1.807) is 12.1 Å². The van der Waals surface area contributed by atoms with Gasteiger partial charge in [0.15, 0.2) is 11.6 Å². The molecule has 1 aliphatic rings. The summed E-state index contributed by atoms with van der Waals surface area (Å²) in [7, 11) is 0. The van der Waals surface area contributed by atoms with Crippen molar-refractivity contribution in [2.45, 2.75) is 12.8 Å². The number of carbonyl (C=O) groups is 1. The van der Waals surface area contributed by atoms with Gasteiger partial charge in [-0.15, -0.1) is 10.2 Å². The molecule has 25 heavy (non-hydrogen) atoms. The van der Waals surface area contributed by atoms with Gasteiger partial charge in [-0.25, -0.2) is 0 Å². The van der Waals surface area contributed by atoms with Crippen LogP contribution in [0.2, 0.25) is 0 Å². The number of benzene rings is 1. The van der Waals surface area contributed by atoms with Gasteiger partial charge in [-0.2, -0.15) is 0 Å². The van der Waals surface area contributed by atoms with Gasteiger partial charge in [-0.05, 0) is 49.2 Å². The van der Waals surface area contributed by atoms with Crippen molar-refractivity contribution in [2.75, 3.05) is 23.3 Å². The molecule has 3 heterocycles. The lowest BCUT2D eigenvalue weighted by Crippen LogP contribution is -2.19. The predicted octanol–water partition coefficient (Wildman–Crippen LogP) is 3.59. The molecule has 1 N–H and O–H groups in total. The van der Waals surface area contributed by atoms with Crippen molar-refractivity contribution in [1.29, 1.82) is 0 Å². The summed E-state index contributed by atoms with van der Waals surface area (Å²) in [6.07, 6.45) is 3.91. The SMILES string of the molecule is O=C(Nc1ccc(-c2ccc(N3CCCC3)nn2)cc1)c1ccco1. The van der Waals surface area contributed by atoms with Crippen molar-refractivity contribution in [1.82, 2.24) is 10.2 Å². The van der Waals surface area contributed by atoms with E-state index < -0.39 is 0 Å². The van der Waals surface area contributed by atoms with Crippen LogP contribution < -0.4 is 10.2 Å². The first-order chi connectivity index (χ1) is 12.3. The van der Waals surface area contributed by atoms with E-state index in [2.05, 4.69) is 20.4 Å². The summed E-state index contributed by atoms with van der Waals surface area (Å²) < 4.78 is 5.08. The smallest absolute Gasteiger partial charge is 0.291 e. The fourth-order valence-electron chi connectivity index (χ4n) is 2.92. The van der Waals surface area contributed by atoms with Crippen molar-refractivity contribution in [2.24, 2.45) is 0 Å². The second kappa shape index (κ2) is 6.76. The molecule has 4 rings (SSSR count). The topological polar surface area (TPSA) is 71.3 Å². The van der Waals surface area contributed by atoms with Crippen LogP contribution in [0.5, 0.6) is 0 Å². The summed E-state index contributed by atoms with van der Waals surface area (Å²) in [5.41, 5.74) is 2.47. The number of nitrogens with one attached hydrogen (secondary N) is 1.